The Balaban J connectivity index is 2.88. The summed E-state index contributed by atoms with van der Waals surface area (Å²) in [5.41, 5.74) is -0.431. The molecule has 0 heterocycles. The second-order valence-electron chi connectivity index (χ2n) is 4.12. The van der Waals surface area contributed by atoms with E-state index in [4.69, 9.17) is 14.2 Å². The number of hydrogen-bond donors (Lipinski definition) is 1. The molecule has 0 aliphatic rings. The van der Waals surface area contributed by atoms with Crippen molar-refractivity contribution in [1.29, 1.82) is 0 Å². The van der Waals surface area contributed by atoms with Crippen LogP contribution in [0.1, 0.15) is 20.8 Å². The van der Waals surface area contributed by atoms with Crippen molar-refractivity contribution in [2.24, 2.45) is 0 Å². The Bertz CT molecular complexity index is 443. The first-order chi connectivity index (χ1) is 8.35. The van der Waals surface area contributed by atoms with Gasteiger partial charge < -0.3 is 9.63 Å². The standard InChI is InChI=1S/C12H17O5P/c1-9(2)18(15,16-10(3)12(13)14)17-11-7-5-4-6-8-11/h4-10H,1-3H3,(H,13,14). The molecule has 1 aromatic carbocycles. The van der Waals surface area contributed by atoms with E-state index in [2.05, 4.69) is 0 Å². The van der Waals surface area contributed by atoms with Crippen LogP contribution in [-0.2, 0) is 13.9 Å². The average molecular weight is 272 g/mol. The number of rotatable bonds is 6. The molecule has 2 unspecified atom stereocenters. The molecule has 0 bridgehead atoms. The number of carboxylic acid groups (broad SMARTS) is 1. The van der Waals surface area contributed by atoms with E-state index in [0.29, 0.717) is 5.75 Å². The van der Waals surface area contributed by atoms with Crippen LogP contribution in [0, 0.1) is 0 Å². The minimum atomic E-state index is -3.50. The van der Waals surface area contributed by atoms with E-state index < -0.39 is 25.3 Å². The molecule has 1 aromatic rings. The first kappa shape index (κ1) is 14.7. The van der Waals surface area contributed by atoms with Crippen molar-refractivity contribution >= 4 is 13.6 Å². The Morgan fingerprint density at radius 2 is 1.78 bits per heavy atom. The lowest BCUT2D eigenvalue weighted by molar-refractivity contribution is -0.144. The van der Waals surface area contributed by atoms with E-state index in [0.717, 1.165) is 0 Å². The van der Waals surface area contributed by atoms with Crippen LogP contribution in [0.15, 0.2) is 30.3 Å². The smallest absolute Gasteiger partial charge is 0.382 e. The van der Waals surface area contributed by atoms with Gasteiger partial charge in [-0.3, -0.25) is 4.52 Å². The summed E-state index contributed by atoms with van der Waals surface area (Å²) in [5.74, 6) is -0.778. The van der Waals surface area contributed by atoms with Crippen molar-refractivity contribution in [3.05, 3.63) is 30.3 Å². The van der Waals surface area contributed by atoms with E-state index in [1.165, 1.54) is 6.92 Å². The molecule has 0 amide bonds. The van der Waals surface area contributed by atoms with Crippen LogP contribution >= 0.6 is 7.60 Å². The molecule has 0 aromatic heterocycles. The van der Waals surface area contributed by atoms with Crippen molar-refractivity contribution in [3.63, 3.8) is 0 Å². The Kier molecular flexibility index (Phi) is 4.93. The number of carboxylic acids is 1. The highest BCUT2D eigenvalue weighted by atomic mass is 31.2. The van der Waals surface area contributed by atoms with Crippen molar-refractivity contribution < 1.29 is 23.5 Å². The van der Waals surface area contributed by atoms with Crippen LogP contribution in [0.2, 0.25) is 0 Å². The predicted octanol–water partition coefficient (Wildman–Crippen LogP) is 3.16. The van der Waals surface area contributed by atoms with Gasteiger partial charge in [-0.05, 0) is 19.1 Å². The zero-order valence-corrected chi connectivity index (χ0v) is 11.5. The van der Waals surface area contributed by atoms with Crippen LogP contribution in [-0.4, -0.2) is 22.8 Å². The minimum absolute atomic E-state index is 0.395. The minimum Gasteiger partial charge on any atom is -0.479 e. The highest BCUT2D eigenvalue weighted by molar-refractivity contribution is 7.55. The van der Waals surface area contributed by atoms with Crippen LogP contribution < -0.4 is 4.52 Å². The van der Waals surface area contributed by atoms with Crippen LogP contribution in [0.5, 0.6) is 5.75 Å². The van der Waals surface area contributed by atoms with E-state index in [-0.39, 0.29) is 0 Å². The third kappa shape index (κ3) is 3.86. The Labute approximate surface area is 106 Å². The third-order valence-corrected chi connectivity index (χ3v) is 4.60. The molecule has 5 nitrogen and oxygen atoms in total. The van der Waals surface area contributed by atoms with Gasteiger partial charge >= 0.3 is 13.6 Å². The Morgan fingerprint density at radius 3 is 2.22 bits per heavy atom. The first-order valence-corrected chi connectivity index (χ1v) is 7.22. The quantitative estimate of drug-likeness (QED) is 0.805. The van der Waals surface area contributed by atoms with Gasteiger partial charge in [0.25, 0.3) is 0 Å². The van der Waals surface area contributed by atoms with Crippen LogP contribution in [0.25, 0.3) is 0 Å². The van der Waals surface area contributed by atoms with Gasteiger partial charge in [-0.25, -0.2) is 9.36 Å². The van der Waals surface area contributed by atoms with Crippen molar-refractivity contribution in [1.82, 2.24) is 0 Å². The highest BCUT2D eigenvalue weighted by Crippen LogP contribution is 2.53. The van der Waals surface area contributed by atoms with E-state index in [9.17, 15) is 9.36 Å². The second-order valence-corrected chi connectivity index (χ2v) is 6.63. The van der Waals surface area contributed by atoms with Gasteiger partial charge in [-0.2, -0.15) is 0 Å². The third-order valence-electron chi connectivity index (χ3n) is 2.26. The zero-order chi connectivity index (χ0) is 13.8. The van der Waals surface area contributed by atoms with Gasteiger partial charge in [0.1, 0.15) is 5.75 Å². The molecule has 1 rings (SSSR count). The molecule has 0 spiro atoms. The summed E-state index contributed by atoms with van der Waals surface area (Å²) in [4.78, 5) is 10.8. The molecular weight excluding hydrogens is 255 g/mol. The van der Waals surface area contributed by atoms with Gasteiger partial charge in [-0.1, -0.05) is 32.0 Å². The number of para-hydroxylation sites is 1. The molecule has 0 fully saturated rings. The Hall–Kier alpha value is -1.32. The molecule has 2 atom stereocenters. The monoisotopic (exact) mass is 272 g/mol. The highest BCUT2D eigenvalue weighted by Gasteiger charge is 2.35. The molecule has 0 saturated carbocycles. The molecule has 0 aliphatic carbocycles. The predicted molar refractivity (Wildman–Crippen MR) is 68.0 cm³/mol. The van der Waals surface area contributed by atoms with Gasteiger partial charge in [-0.15, -0.1) is 0 Å². The van der Waals surface area contributed by atoms with Gasteiger partial charge in [0.05, 0.1) is 5.66 Å². The molecule has 6 heteroatoms. The summed E-state index contributed by atoms with van der Waals surface area (Å²) in [6.07, 6.45) is -1.18. The van der Waals surface area contributed by atoms with Gasteiger partial charge in [0.2, 0.25) is 0 Å². The fourth-order valence-electron chi connectivity index (χ4n) is 1.14. The lowest BCUT2D eigenvalue weighted by atomic mass is 10.3. The van der Waals surface area contributed by atoms with Gasteiger partial charge in [0, 0.05) is 0 Å². The summed E-state index contributed by atoms with van der Waals surface area (Å²) in [7, 11) is -3.50. The fourth-order valence-corrected chi connectivity index (χ4v) is 2.59. The van der Waals surface area contributed by atoms with E-state index in [1.54, 1.807) is 44.2 Å². The number of aliphatic carboxylic acids is 1. The molecular formula is C12H17O5P. The molecule has 100 valence electrons. The lowest BCUT2D eigenvalue weighted by Crippen LogP contribution is -2.22. The van der Waals surface area contributed by atoms with Crippen molar-refractivity contribution in [2.75, 3.05) is 0 Å². The SMILES string of the molecule is CC(OP(=O)(Oc1ccccc1)C(C)C)C(=O)O. The summed E-state index contributed by atoms with van der Waals surface area (Å²) in [5, 5.41) is 8.79. The van der Waals surface area contributed by atoms with E-state index in [1.807, 2.05) is 0 Å². The number of carbonyl (C=O) groups is 1. The first-order valence-electron chi connectivity index (χ1n) is 5.60. The zero-order valence-electron chi connectivity index (χ0n) is 10.6. The average Bonchev–Trinajstić information content (AvgIpc) is 2.29. The molecule has 0 aliphatic heterocycles. The summed E-state index contributed by atoms with van der Waals surface area (Å²) < 4.78 is 22.9. The van der Waals surface area contributed by atoms with Crippen molar-refractivity contribution in [2.45, 2.75) is 32.5 Å². The summed E-state index contributed by atoms with van der Waals surface area (Å²) in [6.45, 7) is 4.66. The lowest BCUT2D eigenvalue weighted by Gasteiger charge is -2.24. The van der Waals surface area contributed by atoms with Crippen LogP contribution in [0.3, 0.4) is 0 Å². The summed E-state index contributed by atoms with van der Waals surface area (Å²) in [6, 6.07) is 8.56. The summed E-state index contributed by atoms with van der Waals surface area (Å²) >= 11 is 0. The molecule has 0 radical (unpaired) electrons. The normalized spacial score (nSPS) is 16.0. The fraction of sp³-hybridized carbons (Fsp3) is 0.417. The maximum Gasteiger partial charge on any atom is 0.382 e. The molecule has 18 heavy (non-hydrogen) atoms. The molecule has 0 saturated heterocycles. The van der Waals surface area contributed by atoms with Crippen molar-refractivity contribution in [3.8, 4) is 5.75 Å². The van der Waals surface area contributed by atoms with E-state index >= 15 is 0 Å². The topological polar surface area (TPSA) is 72.8 Å². The second kappa shape index (κ2) is 6.03. The van der Waals surface area contributed by atoms with Gasteiger partial charge in [0.15, 0.2) is 6.10 Å². The number of benzene rings is 1. The maximum absolute atomic E-state index is 12.5. The maximum atomic E-state index is 12.5. The largest absolute Gasteiger partial charge is 0.479 e. The number of hydrogen-bond acceptors (Lipinski definition) is 4. The molecule has 1 N–H and O–H groups in total. The Morgan fingerprint density at radius 1 is 1.22 bits per heavy atom. The van der Waals surface area contributed by atoms with Crippen LogP contribution in [0.4, 0.5) is 0 Å².